The molecule has 1 fully saturated rings. The zero-order valence-electron chi connectivity index (χ0n) is 21.7. The van der Waals surface area contributed by atoms with Crippen LogP contribution in [0.5, 0.6) is 11.6 Å². The number of benzene rings is 2. The molecule has 3 heterocycles. The summed E-state index contributed by atoms with van der Waals surface area (Å²) in [6.45, 7) is 12.5. The summed E-state index contributed by atoms with van der Waals surface area (Å²) in [6.07, 6.45) is 1.74. The van der Waals surface area contributed by atoms with Crippen molar-refractivity contribution in [1.82, 2.24) is 25.0 Å². The van der Waals surface area contributed by atoms with Gasteiger partial charge in [0.25, 0.3) is 0 Å². The molecule has 5 rings (SSSR count). The van der Waals surface area contributed by atoms with Crippen LogP contribution in [0.1, 0.15) is 36.9 Å². The molecule has 1 saturated heterocycles. The zero-order chi connectivity index (χ0) is 25.7. The Morgan fingerprint density at radius 2 is 1.54 bits per heavy atom. The summed E-state index contributed by atoms with van der Waals surface area (Å²) in [5.74, 6) is 1.33. The van der Waals surface area contributed by atoms with Gasteiger partial charge in [0.1, 0.15) is 16.4 Å². The largest absolute Gasteiger partial charge is 0.437 e. The molecular weight excluding hydrogens is 480 g/mol. The molecule has 0 amide bonds. The second-order valence-corrected chi connectivity index (χ2v) is 11.4. The summed E-state index contributed by atoms with van der Waals surface area (Å²) in [4.78, 5) is 9.46. The number of ether oxygens (including phenoxy) is 1. The van der Waals surface area contributed by atoms with E-state index in [1.54, 1.807) is 17.5 Å². The Labute approximate surface area is 223 Å². The van der Waals surface area contributed by atoms with Gasteiger partial charge in [-0.3, -0.25) is 9.80 Å². The van der Waals surface area contributed by atoms with E-state index in [1.165, 1.54) is 5.56 Å². The molecule has 2 aromatic heterocycles. The number of para-hydroxylation sites is 1. The van der Waals surface area contributed by atoms with Crippen LogP contribution in [0.25, 0.3) is 0 Å². The number of anilines is 2. The third kappa shape index (κ3) is 6.71. The van der Waals surface area contributed by atoms with Crippen LogP contribution in [0.15, 0.2) is 72.9 Å². The van der Waals surface area contributed by atoms with E-state index in [2.05, 4.69) is 87.5 Å². The molecule has 1 aliphatic rings. The van der Waals surface area contributed by atoms with Crippen LogP contribution < -0.4 is 10.1 Å². The number of pyridine rings is 1. The molecule has 0 unspecified atom stereocenters. The van der Waals surface area contributed by atoms with Crippen LogP contribution in [0, 0.1) is 0 Å². The van der Waals surface area contributed by atoms with Gasteiger partial charge in [0.2, 0.25) is 11.0 Å². The van der Waals surface area contributed by atoms with Crippen LogP contribution >= 0.6 is 11.3 Å². The first-order valence-corrected chi connectivity index (χ1v) is 13.6. The van der Waals surface area contributed by atoms with Crippen molar-refractivity contribution in [3.63, 3.8) is 0 Å². The van der Waals surface area contributed by atoms with Gasteiger partial charge >= 0.3 is 0 Å². The molecule has 0 bridgehead atoms. The van der Waals surface area contributed by atoms with Crippen LogP contribution in [0.3, 0.4) is 0 Å². The maximum atomic E-state index is 6.29. The van der Waals surface area contributed by atoms with Crippen molar-refractivity contribution in [2.75, 3.05) is 31.5 Å². The van der Waals surface area contributed by atoms with Crippen LogP contribution in [0.4, 0.5) is 10.8 Å². The van der Waals surface area contributed by atoms with Gasteiger partial charge in [-0.15, -0.1) is 10.2 Å². The fourth-order valence-electron chi connectivity index (χ4n) is 4.47. The van der Waals surface area contributed by atoms with Gasteiger partial charge in [-0.2, -0.15) is 0 Å². The Bertz CT molecular complexity index is 1300. The van der Waals surface area contributed by atoms with Gasteiger partial charge in [0.15, 0.2) is 0 Å². The Morgan fingerprint density at radius 3 is 2.30 bits per heavy atom. The first kappa shape index (κ1) is 25.3. The van der Waals surface area contributed by atoms with E-state index in [9.17, 15) is 0 Å². The lowest BCUT2D eigenvalue weighted by molar-refractivity contribution is 0.122. The SMILES string of the molecule is CC(C)(C)c1ccccc1Oc1ncccc1Nc1nnc(CN2CCN(Cc3ccccc3)CC2)s1. The molecular formula is C29H34N6OS. The van der Waals surface area contributed by atoms with Gasteiger partial charge in [-0.1, -0.05) is 80.6 Å². The normalized spacial score (nSPS) is 15.0. The Hall–Kier alpha value is -3.33. The highest BCUT2D eigenvalue weighted by Crippen LogP contribution is 2.36. The Kier molecular flexibility index (Phi) is 7.79. The van der Waals surface area contributed by atoms with E-state index in [-0.39, 0.29) is 5.41 Å². The molecule has 7 nitrogen and oxygen atoms in total. The first-order valence-electron chi connectivity index (χ1n) is 12.7. The lowest BCUT2D eigenvalue weighted by Crippen LogP contribution is -2.45. The number of nitrogens with zero attached hydrogens (tertiary/aromatic N) is 5. The van der Waals surface area contributed by atoms with E-state index in [4.69, 9.17) is 4.74 Å². The van der Waals surface area contributed by atoms with Crippen molar-refractivity contribution in [1.29, 1.82) is 0 Å². The number of piperazine rings is 1. The lowest BCUT2D eigenvalue weighted by atomic mass is 9.86. The van der Waals surface area contributed by atoms with Gasteiger partial charge in [0, 0.05) is 44.5 Å². The van der Waals surface area contributed by atoms with E-state index in [1.807, 2.05) is 30.3 Å². The first-order chi connectivity index (χ1) is 17.9. The number of rotatable bonds is 8. The van der Waals surface area contributed by atoms with E-state index < -0.39 is 0 Å². The Balaban J connectivity index is 1.19. The monoisotopic (exact) mass is 514 g/mol. The third-order valence-corrected chi connectivity index (χ3v) is 7.28. The maximum absolute atomic E-state index is 6.29. The van der Waals surface area contributed by atoms with Crippen molar-refractivity contribution in [2.45, 2.75) is 39.3 Å². The topological polar surface area (TPSA) is 66.4 Å². The molecule has 37 heavy (non-hydrogen) atoms. The number of aromatic nitrogens is 3. The summed E-state index contributed by atoms with van der Waals surface area (Å²) >= 11 is 1.58. The highest BCUT2D eigenvalue weighted by molar-refractivity contribution is 7.15. The quantitative estimate of drug-likeness (QED) is 0.305. The van der Waals surface area contributed by atoms with Crippen molar-refractivity contribution in [3.05, 3.63) is 89.1 Å². The number of hydrogen-bond donors (Lipinski definition) is 1. The minimum absolute atomic E-state index is 0.0415. The average molecular weight is 515 g/mol. The Morgan fingerprint density at radius 1 is 0.838 bits per heavy atom. The highest BCUT2D eigenvalue weighted by atomic mass is 32.1. The van der Waals surface area contributed by atoms with Crippen molar-refractivity contribution >= 4 is 22.2 Å². The summed E-state index contributed by atoms with van der Waals surface area (Å²) in [6, 6.07) is 22.6. The fraction of sp³-hybridized carbons (Fsp3) is 0.345. The molecule has 0 saturated carbocycles. The van der Waals surface area contributed by atoms with Gasteiger partial charge < -0.3 is 10.1 Å². The minimum atomic E-state index is -0.0415. The molecule has 8 heteroatoms. The van der Waals surface area contributed by atoms with E-state index >= 15 is 0 Å². The third-order valence-electron chi connectivity index (χ3n) is 6.45. The smallest absolute Gasteiger partial charge is 0.243 e. The predicted octanol–water partition coefficient (Wildman–Crippen LogP) is 6.08. The second-order valence-electron chi connectivity index (χ2n) is 10.4. The number of nitrogens with one attached hydrogen (secondary N) is 1. The van der Waals surface area contributed by atoms with Crippen LogP contribution in [-0.2, 0) is 18.5 Å². The van der Waals surface area contributed by atoms with Crippen LogP contribution in [0.2, 0.25) is 0 Å². The van der Waals surface area contributed by atoms with Gasteiger partial charge in [0.05, 0.1) is 6.54 Å². The zero-order valence-corrected chi connectivity index (χ0v) is 22.5. The molecule has 2 aromatic carbocycles. The van der Waals surface area contributed by atoms with Crippen molar-refractivity contribution in [3.8, 4) is 11.6 Å². The lowest BCUT2D eigenvalue weighted by Gasteiger charge is -2.34. The summed E-state index contributed by atoms with van der Waals surface area (Å²) in [5, 5.41) is 13.9. The molecule has 1 N–H and O–H groups in total. The maximum Gasteiger partial charge on any atom is 0.243 e. The highest BCUT2D eigenvalue weighted by Gasteiger charge is 2.21. The second kappa shape index (κ2) is 11.4. The fourth-order valence-corrected chi connectivity index (χ4v) is 5.26. The summed E-state index contributed by atoms with van der Waals surface area (Å²) in [5.41, 5.74) is 3.23. The molecule has 192 valence electrons. The molecule has 0 aliphatic carbocycles. The summed E-state index contributed by atoms with van der Waals surface area (Å²) in [7, 11) is 0. The standard InChI is InChI=1S/C29H34N6OS/c1-29(2,3)23-12-7-8-14-25(23)36-27-24(13-9-15-30-27)31-28-33-32-26(37-28)21-35-18-16-34(17-19-35)20-22-10-5-4-6-11-22/h4-15H,16-21H2,1-3H3,(H,31,33). The van der Waals surface area contributed by atoms with E-state index in [0.717, 1.165) is 66.4 Å². The van der Waals surface area contributed by atoms with Crippen molar-refractivity contribution in [2.24, 2.45) is 0 Å². The molecule has 0 radical (unpaired) electrons. The predicted molar refractivity (Wildman–Crippen MR) is 150 cm³/mol. The van der Waals surface area contributed by atoms with Crippen LogP contribution in [-0.4, -0.2) is 51.2 Å². The van der Waals surface area contributed by atoms with Crippen molar-refractivity contribution < 1.29 is 4.74 Å². The molecule has 1 aliphatic heterocycles. The summed E-state index contributed by atoms with van der Waals surface area (Å²) < 4.78 is 6.29. The van der Waals surface area contributed by atoms with Gasteiger partial charge in [-0.05, 0) is 29.2 Å². The molecule has 4 aromatic rings. The molecule has 0 atom stereocenters. The average Bonchev–Trinajstić information content (AvgIpc) is 3.33. The number of hydrogen-bond acceptors (Lipinski definition) is 8. The molecule has 0 spiro atoms. The minimum Gasteiger partial charge on any atom is -0.437 e. The van der Waals surface area contributed by atoms with E-state index in [0.29, 0.717) is 5.88 Å². The van der Waals surface area contributed by atoms with Gasteiger partial charge in [-0.25, -0.2) is 4.98 Å².